The summed E-state index contributed by atoms with van der Waals surface area (Å²) in [7, 11) is 1.83. The van der Waals surface area contributed by atoms with Gasteiger partial charge in [0.2, 0.25) is 0 Å². The Morgan fingerprint density at radius 1 is 1.22 bits per heavy atom. The van der Waals surface area contributed by atoms with E-state index < -0.39 is 5.60 Å². The lowest BCUT2D eigenvalue weighted by atomic mass is 10.00. The molecule has 0 spiro atoms. The van der Waals surface area contributed by atoms with Crippen LogP contribution in [0.15, 0.2) is 18.5 Å². The molecule has 0 saturated heterocycles. The number of hydrogen-bond acceptors (Lipinski definition) is 5. The summed E-state index contributed by atoms with van der Waals surface area (Å²) in [5.74, 6) is 2.15. The Balaban J connectivity index is 2.19. The van der Waals surface area contributed by atoms with Gasteiger partial charge >= 0.3 is 0 Å². The van der Waals surface area contributed by atoms with E-state index in [4.69, 9.17) is 0 Å². The monoisotopic (exact) mass is 317 g/mol. The van der Waals surface area contributed by atoms with E-state index in [0.717, 1.165) is 22.9 Å². The Bertz CT molecular complexity index is 635. The smallest absolute Gasteiger partial charge is 0.133 e. The van der Waals surface area contributed by atoms with E-state index in [9.17, 15) is 5.11 Å². The maximum atomic E-state index is 10.7. The molecular formula is C17H27N5O. The van der Waals surface area contributed by atoms with Crippen molar-refractivity contribution in [1.82, 2.24) is 19.7 Å². The van der Waals surface area contributed by atoms with Gasteiger partial charge in [0.15, 0.2) is 0 Å². The minimum absolute atomic E-state index is 0.257. The first-order chi connectivity index (χ1) is 10.7. The van der Waals surface area contributed by atoms with Crippen LogP contribution < -0.4 is 5.32 Å². The molecule has 6 heteroatoms. The molecule has 2 aromatic rings. The molecule has 0 aliphatic rings. The third-order valence-corrected chi connectivity index (χ3v) is 3.81. The molecule has 0 aliphatic heterocycles. The van der Waals surface area contributed by atoms with E-state index in [1.54, 1.807) is 17.8 Å². The summed E-state index contributed by atoms with van der Waals surface area (Å²) in [4.78, 5) is 9.17. The number of nitrogens with one attached hydrogen (secondary N) is 1. The summed E-state index contributed by atoms with van der Waals surface area (Å²) < 4.78 is 1.68. The third-order valence-electron chi connectivity index (χ3n) is 3.81. The van der Waals surface area contributed by atoms with Crippen LogP contribution in [0, 0.1) is 0 Å². The molecule has 23 heavy (non-hydrogen) atoms. The molecule has 2 N–H and O–H groups in total. The molecule has 0 aromatic carbocycles. The van der Waals surface area contributed by atoms with Crippen LogP contribution in [0.4, 0.5) is 5.82 Å². The minimum Gasteiger partial charge on any atom is -0.383 e. The summed E-state index contributed by atoms with van der Waals surface area (Å²) in [6.07, 6.45) is 3.50. The van der Waals surface area contributed by atoms with Crippen molar-refractivity contribution in [3.8, 4) is 0 Å². The van der Waals surface area contributed by atoms with Crippen molar-refractivity contribution in [3.63, 3.8) is 0 Å². The second-order valence-corrected chi connectivity index (χ2v) is 6.88. The fraction of sp³-hybridized carbons (Fsp3) is 0.588. The molecule has 0 aliphatic carbocycles. The summed E-state index contributed by atoms with van der Waals surface area (Å²) in [6.45, 7) is 10.5. The quantitative estimate of drug-likeness (QED) is 0.857. The number of aliphatic hydroxyl groups is 1. The molecule has 0 saturated carbocycles. The molecule has 0 radical (unpaired) electrons. The van der Waals surface area contributed by atoms with Crippen LogP contribution in [-0.2, 0) is 12.6 Å². The van der Waals surface area contributed by atoms with Crippen LogP contribution in [0.5, 0.6) is 0 Å². The highest BCUT2D eigenvalue weighted by atomic mass is 16.3. The number of aromatic nitrogens is 4. The van der Waals surface area contributed by atoms with Gasteiger partial charge in [0.25, 0.3) is 0 Å². The van der Waals surface area contributed by atoms with E-state index in [-0.39, 0.29) is 5.92 Å². The first-order valence-corrected chi connectivity index (χ1v) is 8.03. The van der Waals surface area contributed by atoms with Crippen molar-refractivity contribution in [3.05, 3.63) is 35.5 Å². The fourth-order valence-electron chi connectivity index (χ4n) is 2.19. The summed E-state index contributed by atoms with van der Waals surface area (Å²) in [5.41, 5.74) is 0.761. The Kier molecular flexibility index (Phi) is 5.04. The number of anilines is 1. The SMILES string of the molecule is CC(C)c1cc(NC[C@](C)(O)c2cnn(C)c2)nc(C(C)C)n1. The van der Waals surface area contributed by atoms with Crippen molar-refractivity contribution >= 4 is 5.82 Å². The van der Waals surface area contributed by atoms with Crippen LogP contribution in [0.2, 0.25) is 0 Å². The lowest BCUT2D eigenvalue weighted by molar-refractivity contribution is 0.0713. The van der Waals surface area contributed by atoms with Gasteiger partial charge in [-0.25, -0.2) is 9.97 Å². The zero-order chi connectivity index (χ0) is 17.2. The highest BCUT2D eigenvalue weighted by Crippen LogP contribution is 2.23. The van der Waals surface area contributed by atoms with Crippen LogP contribution >= 0.6 is 0 Å². The zero-order valence-electron chi connectivity index (χ0n) is 14.8. The van der Waals surface area contributed by atoms with Crippen LogP contribution in [0.25, 0.3) is 0 Å². The average molecular weight is 317 g/mol. The molecule has 126 valence electrons. The molecular weight excluding hydrogens is 290 g/mol. The van der Waals surface area contributed by atoms with Gasteiger partial charge in [-0.2, -0.15) is 5.10 Å². The van der Waals surface area contributed by atoms with Crippen molar-refractivity contribution in [1.29, 1.82) is 0 Å². The minimum atomic E-state index is -1.02. The second-order valence-electron chi connectivity index (χ2n) is 6.88. The van der Waals surface area contributed by atoms with Gasteiger partial charge in [-0.3, -0.25) is 4.68 Å². The summed E-state index contributed by atoms with van der Waals surface area (Å²) in [5, 5.41) is 18.0. The van der Waals surface area contributed by atoms with Crippen molar-refractivity contribution in [2.24, 2.45) is 7.05 Å². The first kappa shape index (κ1) is 17.4. The molecule has 2 rings (SSSR count). The summed E-state index contributed by atoms with van der Waals surface area (Å²) in [6, 6.07) is 1.95. The molecule has 0 fully saturated rings. The maximum Gasteiger partial charge on any atom is 0.133 e. The third kappa shape index (κ3) is 4.28. The van der Waals surface area contributed by atoms with Gasteiger partial charge in [-0.1, -0.05) is 27.7 Å². The predicted octanol–water partition coefficient (Wildman–Crippen LogP) is 2.78. The molecule has 2 aromatic heterocycles. The van der Waals surface area contributed by atoms with E-state index in [1.165, 1.54) is 0 Å². The van der Waals surface area contributed by atoms with E-state index in [1.807, 2.05) is 19.3 Å². The van der Waals surface area contributed by atoms with E-state index in [2.05, 4.69) is 48.1 Å². The van der Waals surface area contributed by atoms with Crippen LogP contribution in [-0.4, -0.2) is 31.4 Å². The number of hydrogen-bond donors (Lipinski definition) is 2. The highest BCUT2D eigenvalue weighted by Gasteiger charge is 2.25. The molecule has 0 unspecified atom stereocenters. The molecule has 6 nitrogen and oxygen atoms in total. The second kappa shape index (κ2) is 6.66. The Labute approximate surface area is 138 Å². The maximum absolute atomic E-state index is 10.7. The zero-order valence-corrected chi connectivity index (χ0v) is 14.8. The van der Waals surface area contributed by atoms with Crippen molar-refractivity contribution in [2.75, 3.05) is 11.9 Å². The number of rotatable bonds is 6. The highest BCUT2D eigenvalue weighted by molar-refractivity contribution is 5.38. The van der Waals surface area contributed by atoms with Gasteiger partial charge in [-0.05, 0) is 12.8 Å². The first-order valence-electron chi connectivity index (χ1n) is 8.03. The topological polar surface area (TPSA) is 75.9 Å². The van der Waals surface area contributed by atoms with Gasteiger partial charge in [0, 0.05) is 43.0 Å². The molecule has 2 heterocycles. The van der Waals surface area contributed by atoms with Gasteiger partial charge in [-0.15, -0.1) is 0 Å². The normalized spacial score (nSPS) is 14.3. The van der Waals surface area contributed by atoms with E-state index >= 15 is 0 Å². The predicted molar refractivity (Wildman–Crippen MR) is 91.5 cm³/mol. The Hall–Kier alpha value is -1.95. The number of nitrogens with zero attached hydrogens (tertiary/aromatic N) is 4. The standard InChI is InChI=1S/C17H27N5O/c1-11(2)14-7-15(21-16(20-14)12(3)4)18-10-17(5,23)13-8-19-22(6)9-13/h7-9,11-12,23H,10H2,1-6H3,(H,18,20,21)/t17-/m0/s1. The van der Waals surface area contributed by atoms with Gasteiger partial charge < -0.3 is 10.4 Å². The van der Waals surface area contributed by atoms with Crippen LogP contribution in [0.3, 0.4) is 0 Å². The van der Waals surface area contributed by atoms with Crippen molar-refractivity contribution < 1.29 is 5.11 Å². The van der Waals surface area contributed by atoms with Gasteiger partial charge in [0.1, 0.15) is 17.2 Å². The lowest BCUT2D eigenvalue weighted by Gasteiger charge is -2.23. The molecule has 0 amide bonds. The van der Waals surface area contributed by atoms with Crippen molar-refractivity contribution in [2.45, 2.75) is 52.1 Å². The largest absolute Gasteiger partial charge is 0.383 e. The Morgan fingerprint density at radius 2 is 1.91 bits per heavy atom. The molecule has 0 bridgehead atoms. The average Bonchev–Trinajstić information content (AvgIpc) is 2.92. The summed E-state index contributed by atoms with van der Waals surface area (Å²) >= 11 is 0. The number of aryl methyl sites for hydroxylation is 1. The van der Waals surface area contributed by atoms with Gasteiger partial charge in [0.05, 0.1) is 6.20 Å². The lowest BCUT2D eigenvalue weighted by Crippen LogP contribution is -2.30. The Morgan fingerprint density at radius 3 is 2.43 bits per heavy atom. The van der Waals surface area contributed by atoms with E-state index in [0.29, 0.717) is 12.5 Å². The fourth-order valence-corrected chi connectivity index (χ4v) is 2.19. The molecule has 1 atom stereocenters. The van der Waals surface area contributed by atoms with Crippen LogP contribution in [0.1, 0.15) is 63.5 Å².